The molecular weight excluding hydrogens is 392 g/mol. The van der Waals surface area contributed by atoms with E-state index in [2.05, 4.69) is 10.5 Å². The third kappa shape index (κ3) is 4.69. The fourth-order valence-corrected chi connectivity index (χ4v) is 4.48. The number of hydrazone groups is 1. The summed E-state index contributed by atoms with van der Waals surface area (Å²) in [4.78, 5) is 26.4. The number of aryl methyl sites for hydroxylation is 2. The quantitative estimate of drug-likeness (QED) is 0.568. The molecule has 1 fully saturated rings. The average Bonchev–Trinajstić information content (AvgIpc) is 3.02. The molecule has 3 N–H and O–H groups in total. The van der Waals surface area contributed by atoms with Crippen LogP contribution in [0.1, 0.15) is 23.1 Å². The predicted molar refractivity (Wildman–Crippen MR) is 110 cm³/mol. The first-order valence-corrected chi connectivity index (χ1v) is 10.5. The minimum Gasteiger partial charge on any atom is -0.312 e. The minimum absolute atomic E-state index is 0.0532. The van der Waals surface area contributed by atoms with Crippen molar-refractivity contribution in [3.05, 3.63) is 59.2 Å². The first kappa shape index (κ1) is 20.7. The Morgan fingerprint density at radius 3 is 2.41 bits per heavy atom. The standard InChI is InChI=1S/C20H22N4O4S/c1-13-8-17(9-14(2)19(13)29(21,27)28)24-12-16(10-18(24)25)20(26)23-22-11-15-6-4-3-5-7-15/h3-9,11,16H,10,12H2,1-2H3,(H,23,26)(H2,21,27,28)/b22-11+. The van der Waals surface area contributed by atoms with Crippen molar-refractivity contribution in [1.29, 1.82) is 0 Å². The smallest absolute Gasteiger partial charge is 0.245 e. The van der Waals surface area contributed by atoms with Crippen LogP contribution < -0.4 is 15.5 Å². The highest BCUT2D eigenvalue weighted by Gasteiger charge is 2.35. The monoisotopic (exact) mass is 414 g/mol. The number of benzene rings is 2. The van der Waals surface area contributed by atoms with Crippen LogP contribution in [0, 0.1) is 19.8 Å². The van der Waals surface area contributed by atoms with Gasteiger partial charge in [0.05, 0.1) is 17.0 Å². The number of nitrogens with zero attached hydrogens (tertiary/aromatic N) is 2. The van der Waals surface area contributed by atoms with Crippen LogP contribution in [0.3, 0.4) is 0 Å². The summed E-state index contributed by atoms with van der Waals surface area (Å²) in [6.07, 6.45) is 1.59. The van der Waals surface area contributed by atoms with Gasteiger partial charge in [-0.05, 0) is 42.7 Å². The predicted octanol–water partition coefficient (Wildman–Crippen LogP) is 1.45. The molecule has 1 aliphatic rings. The second kappa shape index (κ2) is 8.14. The average molecular weight is 414 g/mol. The van der Waals surface area contributed by atoms with Gasteiger partial charge in [-0.1, -0.05) is 30.3 Å². The van der Waals surface area contributed by atoms with Crippen LogP contribution >= 0.6 is 0 Å². The Kier molecular flexibility index (Phi) is 5.81. The molecule has 29 heavy (non-hydrogen) atoms. The number of primary sulfonamides is 1. The van der Waals surface area contributed by atoms with Crippen molar-refractivity contribution in [2.24, 2.45) is 16.2 Å². The molecule has 2 aromatic carbocycles. The highest BCUT2D eigenvalue weighted by Crippen LogP contribution is 2.30. The molecule has 152 valence electrons. The Morgan fingerprint density at radius 2 is 1.83 bits per heavy atom. The van der Waals surface area contributed by atoms with E-state index in [1.807, 2.05) is 30.3 Å². The van der Waals surface area contributed by atoms with Gasteiger partial charge in [0.15, 0.2) is 0 Å². The molecule has 9 heteroatoms. The molecule has 0 aromatic heterocycles. The van der Waals surface area contributed by atoms with Crippen LogP contribution in [0.25, 0.3) is 0 Å². The minimum atomic E-state index is -3.86. The van der Waals surface area contributed by atoms with Gasteiger partial charge < -0.3 is 4.90 Å². The molecule has 1 saturated heterocycles. The summed E-state index contributed by atoms with van der Waals surface area (Å²) >= 11 is 0. The first-order valence-electron chi connectivity index (χ1n) is 8.99. The maximum atomic E-state index is 12.5. The Balaban J connectivity index is 1.72. The largest absolute Gasteiger partial charge is 0.312 e. The Morgan fingerprint density at radius 1 is 1.21 bits per heavy atom. The zero-order chi connectivity index (χ0) is 21.2. The van der Waals surface area contributed by atoms with Crippen molar-refractivity contribution in [2.45, 2.75) is 25.2 Å². The van der Waals surface area contributed by atoms with Gasteiger partial charge in [-0.25, -0.2) is 19.0 Å². The molecule has 8 nitrogen and oxygen atoms in total. The topological polar surface area (TPSA) is 122 Å². The van der Waals surface area contributed by atoms with E-state index < -0.39 is 15.9 Å². The highest BCUT2D eigenvalue weighted by molar-refractivity contribution is 7.89. The van der Waals surface area contributed by atoms with Crippen molar-refractivity contribution in [1.82, 2.24) is 5.43 Å². The van der Waals surface area contributed by atoms with E-state index in [0.29, 0.717) is 16.8 Å². The van der Waals surface area contributed by atoms with Crippen LogP contribution in [0.2, 0.25) is 0 Å². The molecule has 0 radical (unpaired) electrons. The van der Waals surface area contributed by atoms with Gasteiger partial charge in [0, 0.05) is 18.7 Å². The molecular formula is C20H22N4O4S. The lowest BCUT2D eigenvalue weighted by Crippen LogP contribution is -2.30. The number of nitrogens with two attached hydrogens (primary N) is 1. The Labute approximate surface area is 169 Å². The number of hydrogen-bond donors (Lipinski definition) is 2. The molecule has 1 aliphatic heterocycles. The lowest BCUT2D eigenvalue weighted by atomic mass is 10.1. The highest BCUT2D eigenvalue weighted by atomic mass is 32.2. The van der Waals surface area contributed by atoms with Crippen molar-refractivity contribution >= 4 is 33.7 Å². The number of anilines is 1. The zero-order valence-corrected chi connectivity index (χ0v) is 16.9. The molecule has 0 aliphatic carbocycles. The molecule has 0 spiro atoms. The van der Waals surface area contributed by atoms with Gasteiger partial charge in [0.25, 0.3) is 0 Å². The lowest BCUT2D eigenvalue weighted by molar-refractivity contribution is -0.126. The molecule has 3 rings (SSSR count). The second-order valence-corrected chi connectivity index (χ2v) is 8.50. The van der Waals surface area contributed by atoms with Crippen LogP contribution in [-0.4, -0.2) is 33.0 Å². The summed E-state index contributed by atoms with van der Waals surface area (Å²) in [6, 6.07) is 12.5. The van der Waals surface area contributed by atoms with Crippen molar-refractivity contribution in [3.8, 4) is 0 Å². The van der Waals surface area contributed by atoms with Crippen LogP contribution in [0.5, 0.6) is 0 Å². The van der Waals surface area contributed by atoms with E-state index in [0.717, 1.165) is 5.56 Å². The van der Waals surface area contributed by atoms with E-state index in [1.54, 1.807) is 26.0 Å². The molecule has 1 heterocycles. The fourth-order valence-electron chi connectivity index (χ4n) is 3.47. The molecule has 2 aromatic rings. The fraction of sp³-hybridized carbons (Fsp3) is 0.250. The second-order valence-electron chi connectivity index (χ2n) is 7.00. The number of carbonyl (C=O) groups excluding carboxylic acids is 2. The summed E-state index contributed by atoms with van der Waals surface area (Å²) in [5, 5.41) is 9.21. The van der Waals surface area contributed by atoms with Gasteiger partial charge in [0.2, 0.25) is 21.8 Å². The lowest BCUT2D eigenvalue weighted by Gasteiger charge is -2.19. The third-order valence-corrected chi connectivity index (χ3v) is 5.94. The van der Waals surface area contributed by atoms with Gasteiger partial charge in [-0.3, -0.25) is 9.59 Å². The van der Waals surface area contributed by atoms with E-state index in [4.69, 9.17) is 5.14 Å². The third-order valence-electron chi connectivity index (χ3n) is 4.73. The first-order chi connectivity index (χ1) is 13.7. The number of rotatable bonds is 5. The SMILES string of the molecule is Cc1cc(N2CC(C(=O)N/N=C/c3ccccc3)CC2=O)cc(C)c1S(N)(=O)=O. The summed E-state index contributed by atoms with van der Waals surface area (Å²) in [7, 11) is -3.86. The van der Waals surface area contributed by atoms with E-state index in [9.17, 15) is 18.0 Å². The number of hydrogen-bond acceptors (Lipinski definition) is 5. The Bertz CT molecular complexity index is 1060. The van der Waals surface area contributed by atoms with Crippen LogP contribution in [0.15, 0.2) is 52.5 Å². The van der Waals surface area contributed by atoms with E-state index in [-0.39, 0.29) is 29.7 Å². The van der Waals surface area contributed by atoms with Gasteiger partial charge in [0.1, 0.15) is 0 Å². The molecule has 0 saturated carbocycles. The zero-order valence-electron chi connectivity index (χ0n) is 16.1. The van der Waals surface area contributed by atoms with Gasteiger partial charge >= 0.3 is 0 Å². The number of nitrogens with one attached hydrogen (secondary N) is 1. The number of carbonyl (C=O) groups is 2. The summed E-state index contributed by atoms with van der Waals surface area (Å²) in [6.45, 7) is 3.44. The normalized spacial score (nSPS) is 17.1. The van der Waals surface area contributed by atoms with Gasteiger partial charge in [-0.2, -0.15) is 5.10 Å². The maximum Gasteiger partial charge on any atom is 0.245 e. The number of sulfonamides is 1. The molecule has 1 unspecified atom stereocenters. The van der Waals surface area contributed by atoms with Crippen LogP contribution in [-0.2, 0) is 19.6 Å². The molecule has 0 bridgehead atoms. The van der Waals surface area contributed by atoms with Crippen LogP contribution in [0.4, 0.5) is 5.69 Å². The maximum absolute atomic E-state index is 12.5. The summed E-state index contributed by atoms with van der Waals surface area (Å²) in [5.74, 6) is -1.10. The summed E-state index contributed by atoms with van der Waals surface area (Å²) < 4.78 is 23.5. The van der Waals surface area contributed by atoms with Crippen molar-refractivity contribution < 1.29 is 18.0 Å². The van der Waals surface area contributed by atoms with E-state index >= 15 is 0 Å². The molecule has 2 amide bonds. The van der Waals surface area contributed by atoms with Crippen molar-refractivity contribution in [3.63, 3.8) is 0 Å². The number of amides is 2. The van der Waals surface area contributed by atoms with E-state index in [1.165, 1.54) is 11.1 Å². The summed E-state index contributed by atoms with van der Waals surface area (Å²) in [5.41, 5.74) is 4.77. The Hall–Kier alpha value is -3.04. The molecule has 1 atom stereocenters. The van der Waals surface area contributed by atoms with Crippen molar-refractivity contribution in [2.75, 3.05) is 11.4 Å². The van der Waals surface area contributed by atoms with Gasteiger partial charge in [-0.15, -0.1) is 0 Å².